The van der Waals surface area contributed by atoms with Gasteiger partial charge in [-0.3, -0.25) is 4.90 Å². The van der Waals surface area contributed by atoms with E-state index in [0.717, 1.165) is 11.4 Å². The molecule has 1 heterocycles. The van der Waals surface area contributed by atoms with Crippen molar-refractivity contribution in [2.75, 3.05) is 16.8 Å². The van der Waals surface area contributed by atoms with Crippen molar-refractivity contribution in [1.29, 1.82) is 0 Å². The Balaban J connectivity index is 2.47. The third kappa shape index (κ3) is 3.54. The molecule has 122 valence electrons. The van der Waals surface area contributed by atoms with E-state index in [9.17, 15) is 4.79 Å². The number of nitrogens with zero attached hydrogens (tertiary/aromatic N) is 1. The zero-order valence-corrected chi connectivity index (χ0v) is 14.8. The Hall–Kier alpha value is -1.71. The van der Waals surface area contributed by atoms with Gasteiger partial charge in [0.2, 0.25) is 0 Å². The van der Waals surface area contributed by atoms with Crippen LogP contribution in [0.15, 0.2) is 18.2 Å². The molecule has 0 radical (unpaired) electrons. The smallest absolute Gasteiger partial charge is 0.414 e. The third-order valence-corrected chi connectivity index (χ3v) is 3.62. The Morgan fingerprint density at radius 3 is 2.50 bits per heavy atom. The number of fused-ring (bicyclic) bond motifs is 1. The van der Waals surface area contributed by atoms with E-state index < -0.39 is 5.60 Å². The van der Waals surface area contributed by atoms with Crippen LogP contribution in [-0.2, 0) is 4.74 Å². The van der Waals surface area contributed by atoms with Gasteiger partial charge in [-0.15, -0.1) is 0 Å². The summed E-state index contributed by atoms with van der Waals surface area (Å²) in [6, 6.07) is 6.10. The van der Waals surface area contributed by atoms with Crippen LogP contribution in [0.1, 0.15) is 59.9 Å². The molecule has 0 unspecified atom stereocenters. The van der Waals surface area contributed by atoms with Crippen molar-refractivity contribution >= 4 is 17.5 Å². The zero-order chi connectivity index (χ0) is 16.7. The average molecular weight is 304 g/mol. The van der Waals surface area contributed by atoms with E-state index in [4.69, 9.17) is 4.74 Å². The third-order valence-electron chi connectivity index (χ3n) is 3.62. The molecule has 1 aliphatic rings. The van der Waals surface area contributed by atoms with Gasteiger partial charge in [0.25, 0.3) is 0 Å². The highest BCUT2D eigenvalue weighted by Crippen LogP contribution is 2.40. The average Bonchev–Trinajstić information content (AvgIpc) is 2.33. The molecule has 4 nitrogen and oxygen atoms in total. The minimum Gasteiger partial charge on any atom is -0.443 e. The van der Waals surface area contributed by atoms with E-state index in [1.54, 1.807) is 4.90 Å². The first-order chi connectivity index (χ1) is 10.0. The number of carbonyl (C=O) groups is 1. The molecule has 0 fully saturated rings. The molecule has 1 N–H and O–H groups in total. The molecular weight excluding hydrogens is 276 g/mol. The minimum absolute atomic E-state index is 0.200. The topological polar surface area (TPSA) is 41.6 Å². The van der Waals surface area contributed by atoms with E-state index in [1.165, 1.54) is 5.56 Å². The molecular formula is C18H28N2O2. The molecule has 1 aromatic rings. The molecule has 0 atom stereocenters. The van der Waals surface area contributed by atoms with Crippen LogP contribution in [0.2, 0.25) is 0 Å². The molecule has 0 aliphatic carbocycles. The number of ether oxygens (including phenoxy) is 1. The number of hydrogen-bond donors (Lipinski definition) is 1. The lowest BCUT2D eigenvalue weighted by Gasteiger charge is -2.42. The van der Waals surface area contributed by atoms with Crippen molar-refractivity contribution in [3.63, 3.8) is 0 Å². The Bertz CT molecular complexity index is 571. The van der Waals surface area contributed by atoms with Crippen LogP contribution >= 0.6 is 0 Å². The summed E-state index contributed by atoms with van der Waals surface area (Å²) >= 11 is 0. The quantitative estimate of drug-likeness (QED) is 0.813. The summed E-state index contributed by atoms with van der Waals surface area (Å²) in [4.78, 5) is 14.4. The Kier molecular flexibility index (Phi) is 4.16. The fourth-order valence-corrected chi connectivity index (χ4v) is 2.74. The highest BCUT2D eigenvalue weighted by Gasteiger charge is 2.36. The predicted octanol–water partition coefficient (Wildman–Crippen LogP) is 4.76. The fraction of sp³-hybridized carbons (Fsp3) is 0.611. The van der Waals surface area contributed by atoms with Crippen LogP contribution in [-0.4, -0.2) is 23.8 Å². The summed E-state index contributed by atoms with van der Waals surface area (Å²) in [5.74, 6) is 0.386. The molecule has 4 heteroatoms. The van der Waals surface area contributed by atoms with Crippen LogP contribution in [0.3, 0.4) is 0 Å². The van der Waals surface area contributed by atoms with Crippen LogP contribution in [0.4, 0.5) is 16.2 Å². The number of nitrogens with one attached hydrogen (secondary N) is 1. The molecule has 0 bridgehead atoms. The summed E-state index contributed by atoms with van der Waals surface area (Å²) in [6.07, 6.45) is -0.288. The van der Waals surface area contributed by atoms with Crippen molar-refractivity contribution in [3.05, 3.63) is 23.8 Å². The van der Waals surface area contributed by atoms with Gasteiger partial charge in [-0.1, -0.05) is 26.0 Å². The maximum atomic E-state index is 12.6. The van der Waals surface area contributed by atoms with Gasteiger partial charge in [-0.05, 0) is 52.2 Å². The number of carbonyl (C=O) groups excluding carboxylic acids is 1. The van der Waals surface area contributed by atoms with E-state index in [1.807, 2.05) is 32.9 Å². The number of amides is 1. The molecule has 1 aliphatic heterocycles. The summed E-state index contributed by atoms with van der Waals surface area (Å²) in [6.45, 7) is 14.8. The van der Waals surface area contributed by atoms with Crippen molar-refractivity contribution in [3.8, 4) is 0 Å². The Morgan fingerprint density at radius 1 is 1.32 bits per heavy atom. The predicted molar refractivity (Wildman–Crippen MR) is 91.8 cm³/mol. The number of rotatable bonds is 1. The van der Waals surface area contributed by atoms with E-state index in [-0.39, 0.29) is 11.6 Å². The SMILES string of the molecule is CC(C)c1cccc2c1NC(C)(C)CN2C(=O)OC(C)(C)C. The second kappa shape index (κ2) is 5.49. The number of anilines is 2. The summed E-state index contributed by atoms with van der Waals surface area (Å²) in [7, 11) is 0. The van der Waals surface area contributed by atoms with E-state index >= 15 is 0 Å². The normalized spacial score (nSPS) is 17.0. The van der Waals surface area contributed by atoms with Gasteiger partial charge in [0.1, 0.15) is 5.60 Å². The molecule has 2 rings (SSSR count). The monoisotopic (exact) mass is 304 g/mol. The molecule has 0 saturated heterocycles. The van der Waals surface area contributed by atoms with Gasteiger partial charge < -0.3 is 10.1 Å². The second-order valence-corrected chi connectivity index (χ2v) is 7.97. The second-order valence-electron chi connectivity index (χ2n) is 7.97. The fourth-order valence-electron chi connectivity index (χ4n) is 2.74. The van der Waals surface area contributed by atoms with Gasteiger partial charge in [0.15, 0.2) is 0 Å². The van der Waals surface area contributed by atoms with E-state index in [2.05, 4.69) is 39.1 Å². The number of para-hydroxylation sites is 1. The number of benzene rings is 1. The summed E-state index contributed by atoms with van der Waals surface area (Å²) in [5, 5.41) is 3.58. The van der Waals surface area contributed by atoms with Gasteiger partial charge in [-0.2, -0.15) is 0 Å². The van der Waals surface area contributed by atoms with Crippen molar-refractivity contribution in [2.45, 2.75) is 65.5 Å². The van der Waals surface area contributed by atoms with Gasteiger partial charge >= 0.3 is 6.09 Å². The van der Waals surface area contributed by atoms with Crippen LogP contribution < -0.4 is 10.2 Å². The number of hydrogen-bond acceptors (Lipinski definition) is 3. The van der Waals surface area contributed by atoms with Crippen LogP contribution in [0.25, 0.3) is 0 Å². The maximum Gasteiger partial charge on any atom is 0.414 e. The van der Waals surface area contributed by atoms with Gasteiger partial charge in [0.05, 0.1) is 17.9 Å². The molecule has 1 aromatic carbocycles. The Labute approximate surface area is 133 Å². The summed E-state index contributed by atoms with van der Waals surface area (Å²) < 4.78 is 5.59. The molecule has 0 saturated carbocycles. The lowest BCUT2D eigenvalue weighted by Crippen LogP contribution is -2.52. The van der Waals surface area contributed by atoms with Crippen molar-refractivity contribution in [1.82, 2.24) is 0 Å². The zero-order valence-electron chi connectivity index (χ0n) is 14.8. The minimum atomic E-state index is -0.498. The Morgan fingerprint density at radius 2 is 1.95 bits per heavy atom. The maximum absolute atomic E-state index is 12.6. The standard InChI is InChI=1S/C18H28N2O2/c1-12(2)13-9-8-10-14-15(13)19-18(6,7)11-20(14)16(21)22-17(3,4)5/h8-10,12,19H,11H2,1-7H3. The first-order valence-corrected chi connectivity index (χ1v) is 7.92. The highest BCUT2D eigenvalue weighted by atomic mass is 16.6. The molecule has 22 heavy (non-hydrogen) atoms. The lowest BCUT2D eigenvalue weighted by molar-refractivity contribution is 0.0573. The van der Waals surface area contributed by atoms with Crippen LogP contribution in [0, 0.1) is 0 Å². The molecule has 1 amide bonds. The van der Waals surface area contributed by atoms with E-state index in [0.29, 0.717) is 12.5 Å². The lowest BCUT2D eigenvalue weighted by atomic mass is 9.93. The highest BCUT2D eigenvalue weighted by molar-refractivity contribution is 5.95. The van der Waals surface area contributed by atoms with Crippen molar-refractivity contribution in [2.24, 2.45) is 0 Å². The first-order valence-electron chi connectivity index (χ1n) is 7.92. The first kappa shape index (κ1) is 16.7. The molecule has 0 spiro atoms. The van der Waals surface area contributed by atoms with Crippen molar-refractivity contribution < 1.29 is 9.53 Å². The van der Waals surface area contributed by atoms with Gasteiger partial charge in [-0.25, -0.2) is 4.79 Å². The molecule has 0 aromatic heterocycles. The largest absolute Gasteiger partial charge is 0.443 e. The van der Waals surface area contributed by atoms with Crippen LogP contribution in [0.5, 0.6) is 0 Å². The van der Waals surface area contributed by atoms with Gasteiger partial charge in [0, 0.05) is 5.54 Å². The summed E-state index contributed by atoms with van der Waals surface area (Å²) in [5.41, 5.74) is 2.47.